The highest BCUT2D eigenvalue weighted by Crippen LogP contribution is 2.44. The Labute approximate surface area is 363 Å². The number of methoxy groups -OCH3 is 1. The van der Waals surface area contributed by atoms with Gasteiger partial charge in [-0.05, 0) is 209 Å². The summed E-state index contributed by atoms with van der Waals surface area (Å²) in [5, 5.41) is 0. The molecule has 0 heterocycles. The predicted molar refractivity (Wildman–Crippen MR) is 234 cm³/mol. The van der Waals surface area contributed by atoms with E-state index >= 15 is 0 Å². The summed E-state index contributed by atoms with van der Waals surface area (Å²) >= 11 is 0. The van der Waals surface area contributed by atoms with Crippen molar-refractivity contribution in [3.63, 3.8) is 0 Å². The Morgan fingerprint density at radius 1 is 0.433 bits per heavy atom. The van der Waals surface area contributed by atoms with Crippen LogP contribution in [-0.2, 0) is 33.3 Å². The second kappa shape index (κ2) is 22.5. The van der Waals surface area contributed by atoms with Crippen molar-refractivity contribution in [2.45, 2.75) is 249 Å². The fourth-order valence-electron chi connectivity index (χ4n) is 13.0. The number of carbonyl (C=O) groups is 3. The molecule has 7 saturated carbocycles. The lowest BCUT2D eigenvalue weighted by molar-refractivity contribution is -0.161. The van der Waals surface area contributed by atoms with Gasteiger partial charge in [0.15, 0.2) is 0 Å². The van der Waals surface area contributed by atoms with Crippen LogP contribution in [0.5, 0.6) is 0 Å². The molecule has 0 bridgehead atoms. The van der Waals surface area contributed by atoms with Gasteiger partial charge in [-0.3, -0.25) is 14.5 Å². The summed E-state index contributed by atoms with van der Waals surface area (Å²) < 4.78 is 28.8. The monoisotopic (exact) mass is 838 g/mol. The molecular weight excluding hydrogens is 755 g/mol. The summed E-state index contributed by atoms with van der Waals surface area (Å²) in [5.41, 5.74) is 1.73. The minimum atomic E-state index is -0.543. The summed E-state index contributed by atoms with van der Waals surface area (Å²) in [6.45, 7) is 6.37. The third kappa shape index (κ3) is 13.0. The molecule has 7 aliphatic carbocycles. The Morgan fingerprint density at radius 2 is 0.800 bits per heavy atom. The highest BCUT2D eigenvalue weighted by molar-refractivity contribution is 5.72. The van der Waals surface area contributed by atoms with E-state index in [0.717, 1.165) is 94.2 Å². The topological polar surface area (TPSA) is 101 Å². The van der Waals surface area contributed by atoms with E-state index in [-0.39, 0.29) is 42.3 Å². The molecule has 0 radical (unpaired) electrons. The lowest BCUT2D eigenvalue weighted by Gasteiger charge is -2.49. The van der Waals surface area contributed by atoms with Crippen molar-refractivity contribution in [3.05, 3.63) is 11.6 Å². The second-order valence-corrected chi connectivity index (χ2v) is 21.1. The molecule has 7 rings (SSSR count). The van der Waals surface area contributed by atoms with Crippen molar-refractivity contribution in [2.75, 3.05) is 7.11 Å². The van der Waals surface area contributed by atoms with E-state index in [1.54, 1.807) is 5.57 Å². The van der Waals surface area contributed by atoms with Gasteiger partial charge in [-0.25, -0.2) is 4.79 Å². The molecule has 0 saturated heterocycles. The average molecular weight is 838 g/mol. The lowest BCUT2D eigenvalue weighted by Crippen LogP contribution is -2.52. The van der Waals surface area contributed by atoms with E-state index in [9.17, 15) is 14.4 Å². The highest BCUT2D eigenvalue weighted by Gasteiger charge is 2.39. The predicted octanol–water partition coefficient (Wildman–Crippen LogP) is 11.8. The summed E-state index contributed by atoms with van der Waals surface area (Å²) in [4.78, 5) is 40.4. The van der Waals surface area contributed by atoms with Crippen molar-refractivity contribution in [3.8, 4) is 0 Å². The molecule has 7 aliphatic rings. The van der Waals surface area contributed by atoms with Gasteiger partial charge in [-0.2, -0.15) is 0 Å². The largest absolute Gasteiger partial charge is 0.508 e. The van der Waals surface area contributed by atoms with Crippen LogP contribution in [0.4, 0.5) is 4.79 Å². The van der Waals surface area contributed by atoms with Gasteiger partial charge in [0.2, 0.25) is 0 Å². The molecule has 0 spiro atoms. The first-order valence-electron chi connectivity index (χ1n) is 25.4. The second-order valence-electron chi connectivity index (χ2n) is 21.1. The van der Waals surface area contributed by atoms with Gasteiger partial charge in [-0.1, -0.05) is 25.5 Å². The average Bonchev–Trinajstić information content (AvgIpc) is 3.26. The zero-order chi connectivity index (χ0) is 42.0. The van der Waals surface area contributed by atoms with Crippen LogP contribution in [0.25, 0.3) is 0 Å². The summed E-state index contributed by atoms with van der Waals surface area (Å²) in [6.07, 6.45) is 33.1. The third-order valence-electron chi connectivity index (χ3n) is 16.8. The van der Waals surface area contributed by atoms with Crippen LogP contribution < -0.4 is 0 Å². The first-order valence-corrected chi connectivity index (χ1v) is 25.4. The molecule has 0 aromatic rings. The molecule has 340 valence electrons. The van der Waals surface area contributed by atoms with Gasteiger partial charge in [0, 0.05) is 32.2 Å². The Hall–Kier alpha value is -2.13. The molecule has 60 heavy (non-hydrogen) atoms. The van der Waals surface area contributed by atoms with Gasteiger partial charge in [-0.15, -0.1) is 0 Å². The van der Waals surface area contributed by atoms with Crippen molar-refractivity contribution < 1.29 is 38.1 Å². The number of carbonyl (C=O) groups excluding carboxylic acids is 3. The van der Waals surface area contributed by atoms with Crippen LogP contribution in [0.2, 0.25) is 0 Å². The Morgan fingerprint density at radius 3 is 1.23 bits per heavy atom. The maximum Gasteiger partial charge on any atom is 0.508 e. The van der Waals surface area contributed by atoms with Crippen molar-refractivity contribution in [1.82, 2.24) is 4.90 Å². The van der Waals surface area contributed by atoms with Gasteiger partial charge in [0.1, 0.15) is 24.4 Å². The molecule has 0 atom stereocenters. The molecule has 0 amide bonds. The molecule has 0 N–H and O–H groups in total. The smallest absolute Gasteiger partial charge is 0.463 e. The number of hydrogen-bond acceptors (Lipinski definition) is 9. The van der Waals surface area contributed by atoms with E-state index in [1.165, 1.54) is 96.8 Å². The van der Waals surface area contributed by atoms with Crippen LogP contribution in [-0.4, -0.2) is 78.7 Å². The van der Waals surface area contributed by atoms with E-state index in [4.69, 9.17) is 23.7 Å². The Kier molecular flexibility index (Phi) is 17.2. The van der Waals surface area contributed by atoms with Crippen molar-refractivity contribution in [2.24, 2.45) is 35.5 Å². The van der Waals surface area contributed by atoms with Crippen LogP contribution in [0.3, 0.4) is 0 Å². The molecule has 0 aromatic heterocycles. The van der Waals surface area contributed by atoms with Gasteiger partial charge < -0.3 is 23.7 Å². The summed E-state index contributed by atoms with van der Waals surface area (Å²) in [5.74, 6) is 3.16. The normalized spacial score (nSPS) is 39.6. The maximum atomic E-state index is 13.0. The van der Waals surface area contributed by atoms with E-state index in [0.29, 0.717) is 49.5 Å². The molecule has 0 aliphatic heterocycles. The SMILES string of the molecule is COC1CCC(C(=CC2CCC(N(C3CCC(C)CC3)C3CCC(C)CC3)CC2)C2CCC(OC(=O)OC3CCC(C(=O)OC4CCC(OC(C)=O)CC4)CC3)CC2)CC1. The standard InChI is InChI=1S/C51H83NO8/c1-34-5-17-41(18-6-34)52(42-19-7-35(2)8-20-42)43-21-9-37(10-22-43)33-49(38-11-23-44(56-4)24-12-38)39-13-25-47(26-14-39)59-51(55)60-48-27-15-40(16-28-48)50(54)58-46-31-29-45(30-32-46)57-36(3)53/h33-35,37-48H,5-32H2,1-4H3. The van der Waals surface area contributed by atoms with Crippen molar-refractivity contribution >= 4 is 18.1 Å². The molecule has 9 heteroatoms. The Bertz CT molecular complexity index is 1340. The van der Waals surface area contributed by atoms with Gasteiger partial charge in [0.25, 0.3) is 0 Å². The minimum absolute atomic E-state index is 0.0676. The number of allylic oxidation sites excluding steroid dienone is 2. The number of nitrogens with zero attached hydrogens (tertiary/aromatic N) is 1. The van der Waals surface area contributed by atoms with Crippen LogP contribution >= 0.6 is 0 Å². The fraction of sp³-hybridized carbons (Fsp3) is 0.902. The Balaban J connectivity index is 0.868. The van der Waals surface area contributed by atoms with Gasteiger partial charge in [0.05, 0.1) is 12.0 Å². The fourth-order valence-corrected chi connectivity index (χ4v) is 13.0. The van der Waals surface area contributed by atoms with Crippen LogP contribution in [0, 0.1) is 35.5 Å². The molecule has 0 unspecified atom stereocenters. The first kappa shape index (κ1) is 45.9. The highest BCUT2D eigenvalue weighted by atomic mass is 16.7. The molecule has 9 nitrogen and oxygen atoms in total. The van der Waals surface area contributed by atoms with E-state index in [1.807, 2.05) is 7.11 Å². The van der Waals surface area contributed by atoms with Crippen LogP contribution in [0.15, 0.2) is 11.6 Å². The number of hydrogen-bond donors (Lipinski definition) is 0. The number of ether oxygens (including phenoxy) is 5. The van der Waals surface area contributed by atoms with Crippen molar-refractivity contribution in [1.29, 1.82) is 0 Å². The minimum Gasteiger partial charge on any atom is -0.463 e. The van der Waals surface area contributed by atoms with Gasteiger partial charge >= 0.3 is 18.1 Å². The zero-order valence-electron chi connectivity index (χ0n) is 38.2. The first-order chi connectivity index (χ1) is 29.1. The zero-order valence-corrected chi connectivity index (χ0v) is 38.2. The van der Waals surface area contributed by atoms with Crippen LogP contribution in [0.1, 0.15) is 201 Å². The van der Waals surface area contributed by atoms with E-state index < -0.39 is 6.16 Å². The lowest BCUT2D eigenvalue weighted by atomic mass is 9.70. The summed E-state index contributed by atoms with van der Waals surface area (Å²) in [6, 6.07) is 2.38. The molecule has 0 aromatic carbocycles. The van der Waals surface area contributed by atoms with E-state index in [2.05, 4.69) is 24.8 Å². The number of rotatable bonds is 12. The quantitative estimate of drug-likeness (QED) is 0.108. The molecule has 7 fully saturated rings. The number of esters is 2. The maximum absolute atomic E-state index is 13.0. The summed E-state index contributed by atoms with van der Waals surface area (Å²) in [7, 11) is 1.88. The third-order valence-corrected chi connectivity index (χ3v) is 16.8. The molecular formula is C51H83NO8.